The molecule has 36 heavy (non-hydrogen) atoms. The topological polar surface area (TPSA) is 124 Å². The van der Waals surface area contributed by atoms with E-state index in [2.05, 4.69) is 20.5 Å². The number of fused-ring (bicyclic) bond motifs is 1. The maximum atomic E-state index is 12.7. The van der Waals surface area contributed by atoms with Gasteiger partial charge in [0.2, 0.25) is 15.9 Å². The van der Waals surface area contributed by atoms with Gasteiger partial charge in [0.15, 0.2) is 0 Å². The molecule has 0 atom stereocenters. The molecule has 1 saturated heterocycles. The highest BCUT2D eigenvalue weighted by Gasteiger charge is 2.28. The fourth-order valence-corrected chi connectivity index (χ4v) is 5.38. The van der Waals surface area contributed by atoms with Crippen LogP contribution in [0.2, 0.25) is 0 Å². The van der Waals surface area contributed by atoms with Gasteiger partial charge in [0, 0.05) is 62.9 Å². The first kappa shape index (κ1) is 26.1. The van der Waals surface area contributed by atoms with Crippen LogP contribution in [0.3, 0.4) is 0 Å². The van der Waals surface area contributed by atoms with Crippen molar-refractivity contribution in [2.24, 2.45) is 0 Å². The van der Waals surface area contributed by atoms with E-state index in [1.807, 2.05) is 13.8 Å². The van der Waals surface area contributed by atoms with Crippen molar-refractivity contribution in [3.05, 3.63) is 46.3 Å². The molecule has 11 heteroatoms. The van der Waals surface area contributed by atoms with Gasteiger partial charge in [-0.1, -0.05) is 0 Å². The van der Waals surface area contributed by atoms with E-state index in [4.69, 9.17) is 4.74 Å². The van der Waals surface area contributed by atoms with Crippen LogP contribution in [-0.4, -0.2) is 87.9 Å². The molecule has 2 aliphatic heterocycles. The van der Waals surface area contributed by atoms with Crippen molar-refractivity contribution in [1.29, 1.82) is 0 Å². The number of H-pyrrole nitrogens is 1. The first-order valence-electron chi connectivity index (χ1n) is 11.9. The van der Waals surface area contributed by atoms with Crippen LogP contribution >= 0.6 is 0 Å². The van der Waals surface area contributed by atoms with Crippen LogP contribution in [0.5, 0.6) is 0 Å². The number of hydrogen-bond donors (Lipinski definition) is 3. The van der Waals surface area contributed by atoms with Gasteiger partial charge in [0.05, 0.1) is 30.1 Å². The molecule has 10 nitrogen and oxygen atoms in total. The third-order valence-corrected chi connectivity index (χ3v) is 8.48. The van der Waals surface area contributed by atoms with E-state index in [9.17, 15) is 18.0 Å². The molecule has 3 N–H and O–H groups in total. The van der Waals surface area contributed by atoms with Gasteiger partial charge in [-0.3, -0.25) is 14.5 Å². The smallest absolute Gasteiger partial charge is 0.256 e. The van der Waals surface area contributed by atoms with Crippen LogP contribution in [-0.2, 0) is 30.8 Å². The van der Waals surface area contributed by atoms with E-state index in [-0.39, 0.29) is 23.1 Å². The minimum atomic E-state index is -3.65. The summed E-state index contributed by atoms with van der Waals surface area (Å²) in [6.07, 6.45) is 1.95. The third kappa shape index (κ3) is 5.39. The lowest BCUT2D eigenvalue weighted by Gasteiger charge is -2.26. The Hall–Kier alpha value is -2.99. The largest absolute Gasteiger partial charge is 0.379 e. The molecule has 0 saturated carbocycles. The van der Waals surface area contributed by atoms with Crippen molar-refractivity contribution in [3.63, 3.8) is 0 Å². The lowest BCUT2D eigenvalue weighted by atomic mass is 10.0. The lowest BCUT2D eigenvalue weighted by Crippen LogP contribution is -2.41. The number of rotatable bonds is 8. The summed E-state index contributed by atoms with van der Waals surface area (Å²) in [4.78, 5) is 31.0. The monoisotopic (exact) mass is 515 g/mol. The minimum absolute atomic E-state index is 0.0600. The van der Waals surface area contributed by atoms with Crippen LogP contribution < -0.4 is 10.6 Å². The van der Waals surface area contributed by atoms with Gasteiger partial charge in [0.25, 0.3) is 5.91 Å². The predicted octanol–water partition coefficient (Wildman–Crippen LogP) is 1.37. The van der Waals surface area contributed by atoms with Crippen molar-refractivity contribution in [2.75, 3.05) is 58.8 Å². The number of aryl methyl sites for hydroxylation is 1. The highest BCUT2D eigenvalue weighted by Crippen LogP contribution is 2.36. The van der Waals surface area contributed by atoms with E-state index in [1.165, 1.54) is 26.2 Å². The number of nitrogens with one attached hydrogen (secondary N) is 3. The summed E-state index contributed by atoms with van der Waals surface area (Å²) in [5.41, 5.74) is 4.77. The Morgan fingerprint density at radius 3 is 2.64 bits per heavy atom. The van der Waals surface area contributed by atoms with E-state index < -0.39 is 10.0 Å². The zero-order valence-corrected chi connectivity index (χ0v) is 21.9. The first-order chi connectivity index (χ1) is 17.1. The van der Waals surface area contributed by atoms with Gasteiger partial charge in [-0.05, 0) is 49.2 Å². The summed E-state index contributed by atoms with van der Waals surface area (Å²) < 4.78 is 31.7. The van der Waals surface area contributed by atoms with E-state index in [1.54, 1.807) is 12.1 Å². The van der Waals surface area contributed by atoms with Crippen LogP contribution in [0.25, 0.3) is 11.6 Å². The molecule has 4 rings (SSSR count). The average Bonchev–Trinajstić information content (AvgIpc) is 3.29. The van der Waals surface area contributed by atoms with E-state index in [0.29, 0.717) is 29.1 Å². The standard InChI is InChI=1S/C25H33N5O5S/c1-16-19(15-24(31)26-7-8-30-9-11-35-12-10-30)17(2)27-23(16)14-21-20-13-18(36(33,34)29(3)4)5-6-22(20)28-25(21)32/h5-6,13-14,27H,7-12,15H2,1-4H3,(H,26,31)(H,28,32)/b21-14-. The third-order valence-electron chi connectivity index (χ3n) is 6.66. The molecule has 2 aliphatic rings. The predicted molar refractivity (Wildman–Crippen MR) is 138 cm³/mol. The molecule has 0 radical (unpaired) electrons. The van der Waals surface area contributed by atoms with Crippen LogP contribution in [0.1, 0.15) is 28.1 Å². The maximum absolute atomic E-state index is 12.7. The van der Waals surface area contributed by atoms with Gasteiger partial charge in [-0.25, -0.2) is 12.7 Å². The number of amides is 2. The second-order valence-corrected chi connectivity index (χ2v) is 11.4. The number of benzene rings is 1. The second-order valence-electron chi connectivity index (χ2n) is 9.25. The second kappa shape index (κ2) is 10.6. The highest BCUT2D eigenvalue weighted by atomic mass is 32.2. The fourth-order valence-electron chi connectivity index (χ4n) is 4.45. The summed E-state index contributed by atoms with van der Waals surface area (Å²) in [6, 6.07) is 4.60. The number of nitrogens with zero attached hydrogens (tertiary/aromatic N) is 2. The Balaban J connectivity index is 1.51. The number of carbonyl (C=O) groups excluding carboxylic acids is 2. The van der Waals surface area contributed by atoms with Gasteiger partial charge in [0.1, 0.15) is 0 Å². The van der Waals surface area contributed by atoms with Crippen LogP contribution in [0, 0.1) is 13.8 Å². The summed E-state index contributed by atoms with van der Waals surface area (Å²) in [6.45, 7) is 8.38. The fraction of sp³-hybridized carbons (Fsp3) is 0.440. The van der Waals surface area contributed by atoms with Gasteiger partial charge in [-0.2, -0.15) is 0 Å². The molecule has 0 spiro atoms. The highest BCUT2D eigenvalue weighted by molar-refractivity contribution is 7.89. The Bertz CT molecular complexity index is 1310. The molecule has 3 heterocycles. The minimum Gasteiger partial charge on any atom is -0.379 e. The normalized spacial score (nSPS) is 17.5. The van der Waals surface area contributed by atoms with Gasteiger partial charge in [-0.15, -0.1) is 0 Å². The molecule has 0 aliphatic carbocycles. The number of aromatic nitrogens is 1. The maximum Gasteiger partial charge on any atom is 0.256 e. The summed E-state index contributed by atoms with van der Waals surface area (Å²) in [5, 5.41) is 5.78. The average molecular weight is 516 g/mol. The Kier molecular flexibility index (Phi) is 7.65. The zero-order valence-electron chi connectivity index (χ0n) is 21.1. The Morgan fingerprint density at radius 2 is 1.94 bits per heavy atom. The molecule has 0 bridgehead atoms. The molecule has 1 fully saturated rings. The van der Waals surface area contributed by atoms with Crippen molar-refractivity contribution in [2.45, 2.75) is 25.2 Å². The number of ether oxygens (including phenoxy) is 1. The molecular formula is C25H33N5O5S. The number of aromatic amines is 1. The number of hydrogen-bond acceptors (Lipinski definition) is 6. The van der Waals surface area contributed by atoms with Gasteiger partial charge < -0.3 is 20.4 Å². The van der Waals surface area contributed by atoms with Crippen molar-refractivity contribution in [1.82, 2.24) is 19.5 Å². The number of morpholine rings is 1. The van der Waals surface area contributed by atoms with Crippen molar-refractivity contribution >= 4 is 39.2 Å². The Morgan fingerprint density at radius 1 is 1.22 bits per heavy atom. The molecule has 1 aromatic heterocycles. The quantitative estimate of drug-likeness (QED) is 0.456. The lowest BCUT2D eigenvalue weighted by molar-refractivity contribution is -0.120. The van der Waals surface area contributed by atoms with E-state index in [0.717, 1.165) is 54.0 Å². The number of carbonyl (C=O) groups is 2. The molecule has 2 amide bonds. The van der Waals surface area contributed by atoms with E-state index >= 15 is 0 Å². The molecule has 2 aromatic rings. The molecule has 0 unspecified atom stereocenters. The first-order valence-corrected chi connectivity index (χ1v) is 13.4. The van der Waals surface area contributed by atoms with Crippen molar-refractivity contribution in [3.8, 4) is 0 Å². The molecular weight excluding hydrogens is 482 g/mol. The summed E-state index contributed by atoms with van der Waals surface area (Å²) in [7, 11) is -0.713. The number of anilines is 1. The van der Waals surface area contributed by atoms with Crippen molar-refractivity contribution < 1.29 is 22.7 Å². The SMILES string of the molecule is Cc1[nH]c(/C=C2\C(=O)Nc3ccc(S(=O)(=O)N(C)C)cc32)c(C)c1CC(=O)NCCN1CCOCC1. The Labute approximate surface area is 211 Å². The van der Waals surface area contributed by atoms with Crippen LogP contribution in [0.15, 0.2) is 23.1 Å². The van der Waals surface area contributed by atoms with Gasteiger partial charge >= 0.3 is 0 Å². The molecule has 194 valence electrons. The summed E-state index contributed by atoms with van der Waals surface area (Å²) >= 11 is 0. The van der Waals surface area contributed by atoms with Crippen LogP contribution in [0.4, 0.5) is 5.69 Å². The zero-order chi connectivity index (χ0) is 26.0. The molecule has 1 aromatic carbocycles. The summed E-state index contributed by atoms with van der Waals surface area (Å²) in [5.74, 6) is -0.367. The number of sulfonamides is 1.